The smallest absolute Gasteiger partial charge is 0.342 e. The molecule has 0 radical (unpaired) electrons. The van der Waals surface area contributed by atoms with Gasteiger partial charge in [-0.05, 0) is 31.0 Å². The first kappa shape index (κ1) is 21.7. The van der Waals surface area contributed by atoms with Crippen LogP contribution < -0.4 is 5.32 Å². The SMILES string of the molecule is O=C(N[C@H]1CCCn2nc(-c3ccnc(C(F)(F)F)c3)cc21)c1cnc(C(F)(F)F)cn1. The van der Waals surface area contributed by atoms with Gasteiger partial charge < -0.3 is 5.32 Å². The fourth-order valence-electron chi connectivity index (χ4n) is 3.34. The van der Waals surface area contributed by atoms with Gasteiger partial charge in [-0.3, -0.25) is 14.5 Å². The zero-order valence-electron chi connectivity index (χ0n) is 16.1. The Morgan fingerprint density at radius 3 is 2.41 bits per heavy atom. The molecule has 0 unspecified atom stereocenters. The number of aryl methyl sites for hydroxylation is 1. The Kier molecular flexibility index (Phi) is 5.34. The Bertz CT molecular complexity index is 1140. The van der Waals surface area contributed by atoms with Gasteiger partial charge in [0.15, 0.2) is 5.69 Å². The zero-order chi connectivity index (χ0) is 23.1. The molecular formula is C19H14F6N6O. The lowest BCUT2D eigenvalue weighted by molar-refractivity contribution is -0.142. The van der Waals surface area contributed by atoms with Crippen LogP contribution in [0, 0.1) is 0 Å². The summed E-state index contributed by atoms with van der Waals surface area (Å²) in [5, 5.41) is 7.00. The molecule has 1 atom stereocenters. The van der Waals surface area contributed by atoms with Crippen molar-refractivity contribution >= 4 is 5.91 Å². The van der Waals surface area contributed by atoms with E-state index in [9.17, 15) is 31.1 Å². The van der Waals surface area contributed by atoms with E-state index in [0.29, 0.717) is 31.3 Å². The highest BCUT2D eigenvalue weighted by atomic mass is 19.4. The molecule has 3 aromatic rings. The Balaban J connectivity index is 1.56. The Morgan fingerprint density at radius 1 is 1.00 bits per heavy atom. The van der Waals surface area contributed by atoms with Crippen LogP contribution in [0.25, 0.3) is 11.3 Å². The van der Waals surface area contributed by atoms with Gasteiger partial charge in [-0.25, -0.2) is 9.97 Å². The first-order valence-electron chi connectivity index (χ1n) is 9.34. The molecule has 0 aliphatic carbocycles. The minimum atomic E-state index is -4.67. The molecule has 1 aliphatic rings. The zero-order valence-corrected chi connectivity index (χ0v) is 16.1. The van der Waals surface area contributed by atoms with Crippen LogP contribution in [-0.2, 0) is 18.9 Å². The summed E-state index contributed by atoms with van der Waals surface area (Å²) in [4.78, 5) is 22.5. The van der Waals surface area contributed by atoms with Gasteiger partial charge >= 0.3 is 12.4 Å². The molecule has 0 saturated heterocycles. The number of carbonyl (C=O) groups is 1. The van der Waals surface area contributed by atoms with E-state index < -0.39 is 35.7 Å². The molecule has 1 aliphatic heterocycles. The Morgan fingerprint density at radius 2 is 1.75 bits per heavy atom. The third-order valence-electron chi connectivity index (χ3n) is 4.86. The predicted octanol–water partition coefficient (Wildman–Crippen LogP) is 4.04. The largest absolute Gasteiger partial charge is 0.434 e. The van der Waals surface area contributed by atoms with Crippen LogP contribution in [0.1, 0.15) is 46.5 Å². The number of nitrogens with zero attached hydrogens (tertiary/aromatic N) is 5. The number of nitrogens with one attached hydrogen (secondary N) is 1. The average Bonchev–Trinajstić information content (AvgIpc) is 3.18. The van der Waals surface area contributed by atoms with Gasteiger partial charge in [0, 0.05) is 18.3 Å². The van der Waals surface area contributed by atoms with E-state index in [1.807, 2.05) is 0 Å². The molecule has 168 valence electrons. The van der Waals surface area contributed by atoms with Crippen LogP contribution in [0.2, 0.25) is 0 Å². The highest BCUT2D eigenvalue weighted by Crippen LogP contribution is 2.33. The van der Waals surface area contributed by atoms with Crippen molar-refractivity contribution in [2.45, 2.75) is 37.8 Å². The van der Waals surface area contributed by atoms with Gasteiger partial charge in [-0.1, -0.05) is 0 Å². The summed E-state index contributed by atoms with van der Waals surface area (Å²) in [5.41, 5.74) is -1.50. The fraction of sp³-hybridized carbons (Fsp3) is 0.316. The average molecular weight is 456 g/mol. The Hall–Kier alpha value is -3.51. The molecule has 0 saturated carbocycles. The van der Waals surface area contributed by atoms with Crippen molar-refractivity contribution in [3.63, 3.8) is 0 Å². The lowest BCUT2D eigenvalue weighted by Crippen LogP contribution is -2.33. The van der Waals surface area contributed by atoms with E-state index in [4.69, 9.17) is 0 Å². The molecule has 4 rings (SSSR count). The monoisotopic (exact) mass is 456 g/mol. The van der Waals surface area contributed by atoms with Gasteiger partial charge in [0.05, 0.1) is 29.8 Å². The van der Waals surface area contributed by atoms with Gasteiger partial charge in [0.2, 0.25) is 0 Å². The highest BCUT2D eigenvalue weighted by molar-refractivity contribution is 5.92. The molecule has 32 heavy (non-hydrogen) atoms. The van der Waals surface area contributed by atoms with Gasteiger partial charge in [-0.15, -0.1) is 0 Å². The van der Waals surface area contributed by atoms with Gasteiger partial charge in [0.1, 0.15) is 11.4 Å². The third-order valence-corrected chi connectivity index (χ3v) is 4.86. The number of pyridine rings is 1. The van der Waals surface area contributed by atoms with E-state index in [1.165, 1.54) is 6.07 Å². The normalized spacial score (nSPS) is 16.5. The number of amides is 1. The molecule has 3 aromatic heterocycles. The van der Waals surface area contributed by atoms with Crippen LogP contribution in [0.5, 0.6) is 0 Å². The lowest BCUT2D eigenvalue weighted by Gasteiger charge is -2.24. The van der Waals surface area contributed by atoms with Crippen molar-refractivity contribution < 1.29 is 31.1 Å². The summed E-state index contributed by atoms with van der Waals surface area (Å²) in [6.45, 7) is 0.499. The first-order chi connectivity index (χ1) is 15.0. The number of hydrogen-bond acceptors (Lipinski definition) is 5. The van der Waals surface area contributed by atoms with Gasteiger partial charge in [-0.2, -0.15) is 31.4 Å². The van der Waals surface area contributed by atoms with Crippen LogP contribution in [0.3, 0.4) is 0 Å². The number of halogens is 6. The van der Waals surface area contributed by atoms with Crippen molar-refractivity contribution in [1.29, 1.82) is 0 Å². The van der Waals surface area contributed by atoms with Crippen LogP contribution in [-0.4, -0.2) is 30.6 Å². The standard InChI is InChI=1S/C19H14F6N6O/c20-18(21,22)15-6-10(3-4-26-15)12-7-14-11(2-1-5-31(14)30-12)29-17(32)13-8-28-16(9-27-13)19(23,24)25/h3-4,6-9,11H,1-2,5H2,(H,29,32)/t11-/m0/s1. The van der Waals surface area contributed by atoms with E-state index in [0.717, 1.165) is 18.5 Å². The molecule has 0 bridgehead atoms. The molecule has 13 heteroatoms. The van der Waals surface area contributed by atoms with Crippen molar-refractivity contribution in [2.24, 2.45) is 0 Å². The number of rotatable bonds is 3. The minimum Gasteiger partial charge on any atom is -0.342 e. The van der Waals surface area contributed by atoms with Crippen molar-refractivity contribution in [2.75, 3.05) is 0 Å². The van der Waals surface area contributed by atoms with E-state index in [2.05, 4.69) is 25.4 Å². The topological polar surface area (TPSA) is 85.6 Å². The van der Waals surface area contributed by atoms with Crippen molar-refractivity contribution in [3.8, 4) is 11.3 Å². The minimum absolute atomic E-state index is 0.216. The maximum absolute atomic E-state index is 13.0. The van der Waals surface area contributed by atoms with Gasteiger partial charge in [0.25, 0.3) is 5.91 Å². The number of hydrogen-bond donors (Lipinski definition) is 1. The number of carbonyl (C=O) groups excluding carboxylic acids is 1. The molecule has 0 aromatic carbocycles. The number of fused-ring (bicyclic) bond motifs is 1. The summed E-state index contributed by atoms with van der Waals surface area (Å²) in [7, 11) is 0. The second-order valence-corrected chi connectivity index (χ2v) is 7.06. The Labute approximate surface area is 176 Å². The maximum atomic E-state index is 13.0. The molecule has 7 nitrogen and oxygen atoms in total. The molecule has 1 amide bonds. The van der Waals surface area contributed by atoms with Crippen LogP contribution in [0.4, 0.5) is 26.3 Å². The first-order valence-corrected chi connectivity index (χ1v) is 9.34. The third kappa shape index (κ3) is 4.41. The summed E-state index contributed by atoms with van der Waals surface area (Å²) in [6, 6.07) is 3.30. The molecule has 1 N–H and O–H groups in total. The molecule has 0 spiro atoms. The fourth-order valence-corrected chi connectivity index (χ4v) is 3.34. The summed E-state index contributed by atoms with van der Waals surface area (Å²) in [6.07, 6.45) is -5.89. The molecule has 0 fully saturated rings. The predicted molar refractivity (Wildman–Crippen MR) is 96.9 cm³/mol. The maximum Gasteiger partial charge on any atom is 0.434 e. The number of aromatic nitrogens is 5. The van der Waals surface area contributed by atoms with Crippen LogP contribution in [0.15, 0.2) is 36.8 Å². The quantitative estimate of drug-likeness (QED) is 0.602. The van der Waals surface area contributed by atoms with Crippen molar-refractivity contribution in [1.82, 2.24) is 30.0 Å². The lowest BCUT2D eigenvalue weighted by atomic mass is 10.0. The highest BCUT2D eigenvalue weighted by Gasteiger charge is 2.34. The second-order valence-electron chi connectivity index (χ2n) is 7.06. The van der Waals surface area contributed by atoms with E-state index >= 15 is 0 Å². The second kappa shape index (κ2) is 7.88. The van der Waals surface area contributed by atoms with Crippen LogP contribution >= 0.6 is 0 Å². The molecular weight excluding hydrogens is 442 g/mol. The molecule has 4 heterocycles. The van der Waals surface area contributed by atoms with E-state index in [-0.39, 0.29) is 17.0 Å². The summed E-state index contributed by atoms with van der Waals surface area (Å²) in [5.74, 6) is -0.726. The van der Waals surface area contributed by atoms with E-state index in [1.54, 1.807) is 10.7 Å². The van der Waals surface area contributed by atoms with Crippen molar-refractivity contribution in [3.05, 3.63) is 59.6 Å². The summed E-state index contributed by atoms with van der Waals surface area (Å²) < 4.78 is 78.3. The number of alkyl halides is 6. The summed E-state index contributed by atoms with van der Waals surface area (Å²) >= 11 is 0.